The molecule has 3 atom stereocenters. The number of carboxylic acid groups (broad SMARTS) is 1. The molecule has 186 valence electrons. The van der Waals surface area contributed by atoms with Gasteiger partial charge in [0, 0.05) is 28.8 Å². The van der Waals surface area contributed by atoms with Crippen LogP contribution in [0.25, 0.3) is 11.1 Å². The first-order chi connectivity index (χ1) is 17.5. The molecule has 1 aliphatic heterocycles. The highest BCUT2D eigenvalue weighted by Gasteiger charge is 2.59. The van der Waals surface area contributed by atoms with Crippen LogP contribution in [0.3, 0.4) is 0 Å². The monoisotopic (exact) mass is 505 g/mol. The largest absolute Gasteiger partial charge is 0.489 e. The summed E-state index contributed by atoms with van der Waals surface area (Å²) in [6, 6.07) is 14.7. The maximum absolute atomic E-state index is 14.6. The average Bonchev–Trinajstić information content (AvgIpc) is 3.47. The van der Waals surface area contributed by atoms with E-state index in [0.717, 1.165) is 58.7 Å². The number of fused-ring (bicyclic) bond motifs is 3. The Hall–Kier alpha value is -3.06. The van der Waals surface area contributed by atoms with Crippen molar-refractivity contribution in [3.63, 3.8) is 0 Å². The van der Waals surface area contributed by atoms with Gasteiger partial charge in [0.1, 0.15) is 24.3 Å². The molecule has 2 heterocycles. The molecule has 2 fully saturated rings. The van der Waals surface area contributed by atoms with Crippen molar-refractivity contribution in [1.29, 1.82) is 0 Å². The molecule has 0 spiro atoms. The van der Waals surface area contributed by atoms with E-state index in [1.807, 2.05) is 55.1 Å². The predicted molar refractivity (Wildman–Crippen MR) is 137 cm³/mol. The van der Waals surface area contributed by atoms with E-state index in [4.69, 9.17) is 9.47 Å². The molecule has 2 aromatic carbocycles. The van der Waals surface area contributed by atoms with E-state index in [-0.39, 0.29) is 36.3 Å². The molecule has 1 N–H and O–H groups in total. The van der Waals surface area contributed by atoms with Gasteiger partial charge in [0.15, 0.2) is 0 Å². The first kappa shape index (κ1) is 23.3. The van der Waals surface area contributed by atoms with Crippen molar-refractivity contribution in [2.24, 2.45) is 11.8 Å². The van der Waals surface area contributed by atoms with Gasteiger partial charge in [-0.15, -0.1) is 0 Å². The number of hydrogen-bond donors (Lipinski definition) is 1. The number of hydrogen-bond acceptors (Lipinski definition) is 5. The maximum atomic E-state index is 14.6. The summed E-state index contributed by atoms with van der Waals surface area (Å²) in [7, 11) is 0. The van der Waals surface area contributed by atoms with Crippen LogP contribution in [-0.2, 0) is 17.8 Å². The number of thioether (sulfide) groups is 1. The zero-order chi connectivity index (χ0) is 24.8. The van der Waals surface area contributed by atoms with Crippen LogP contribution in [0.15, 0.2) is 48.5 Å². The molecule has 0 unspecified atom stereocenters. The summed E-state index contributed by atoms with van der Waals surface area (Å²) in [5.41, 5.74) is 5.40. The highest BCUT2D eigenvalue weighted by molar-refractivity contribution is 7.99. The van der Waals surface area contributed by atoms with Crippen molar-refractivity contribution >= 4 is 17.7 Å². The van der Waals surface area contributed by atoms with Gasteiger partial charge in [-0.05, 0) is 90.6 Å². The fourth-order valence-corrected chi connectivity index (χ4v) is 6.77. The van der Waals surface area contributed by atoms with E-state index >= 15 is 0 Å². The van der Waals surface area contributed by atoms with E-state index in [0.29, 0.717) is 17.2 Å². The van der Waals surface area contributed by atoms with Crippen LogP contribution in [0.1, 0.15) is 41.1 Å². The molecular formula is C29H28FNO4S. The molecule has 0 amide bonds. The van der Waals surface area contributed by atoms with Gasteiger partial charge < -0.3 is 14.6 Å². The molecule has 36 heavy (non-hydrogen) atoms. The fraction of sp³-hybridized carbons (Fsp3) is 0.379. The number of aryl methyl sites for hydroxylation is 1. The number of carbonyl (C=O) groups is 1. The zero-order valence-electron chi connectivity index (χ0n) is 20.1. The van der Waals surface area contributed by atoms with E-state index in [2.05, 4.69) is 4.98 Å². The molecule has 7 heteroatoms. The quantitative estimate of drug-likeness (QED) is 0.424. The second-order valence-electron chi connectivity index (χ2n) is 9.93. The summed E-state index contributed by atoms with van der Waals surface area (Å²) < 4.78 is 26.7. The van der Waals surface area contributed by atoms with Crippen LogP contribution in [0, 0.1) is 24.6 Å². The number of halogens is 1. The van der Waals surface area contributed by atoms with Crippen LogP contribution in [0.5, 0.6) is 11.6 Å². The van der Waals surface area contributed by atoms with Crippen molar-refractivity contribution in [1.82, 2.24) is 4.98 Å². The maximum Gasteiger partial charge on any atom is 0.307 e. The Morgan fingerprint density at radius 3 is 2.75 bits per heavy atom. The van der Waals surface area contributed by atoms with Gasteiger partial charge in [-0.2, -0.15) is 11.8 Å². The summed E-state index contributed by atoms with van der Waals surface area (Å²) in [5.74, 6) is 2.64. The van der Waals surface area contributed by atoms with Crippen molar-refractivity contribution in [3.8, 4) is 22.8 Å². The molecule has 1 saturated carbocycles. The third kappa shape index (κ3) is 4.45. The van der Waals surface area contributed by atoms with E-state index in [9.17, 15) is 14.3 Å². The third-order valence-electron chi connectivity index (χ3n) is 7.65. The van der Waals surface area contributed by atoms with E-state index < -0.39 is 5.97 Å². The number of nitrogens with zero attached hydrogens (tertiary/aromatic N) is 1. The summed E-state index contributed by atoms with van der Waals surface area (Å²) >= 11 is 1.96. The molecule has 0 radical (unpaired) electrons. The van der Waals surface area contributed by atoms with Gasteiger partial charge in [0.25, 0.3) is 0 Å². The van der Waals surface area contributed by atoms with Crippen LogP contribution in [0.2, 0.25) is 0 Å². The van der Waals surface area contributed by atoms with Gasteiger partial charge in [-0.25, -0.2) is 9.37 Å². The number of carboxylic acids is 1. The number of aliphatic carboxylic acids is 1. The molecule has 1 saturated heterocycles. The van der Waals surface area contributed by atoms with Crippen LogP contribution < -0.4 is 9.47 Å². The average molecular weight is 506 g/mol. The Kier molecular flexibility index (Phi) is 6.12. The second kappa shape index (κ2) is 9.43. The highest BCUT2D eigenvalue weighted by atomic mass is 32.2. The van der Waals surface area contributed by atoms with Crippen molar-refractivity contribution in [2.75, 3.05) is 11.5 Å². The highest BCUT2D eigenvalue weighted by Crippen LogP contribution is 2.61. The normalized spacial score (nSPS) is 22.6. The molecule has 3 aromatic rings. The van der Waals surface area contributed by atoms with Crippen molar-refractivity contribution in [3.05, 3.63) is 76.7 Å². The minimum Gasteiger partial charge on any atom is -0.489 e. The number of rotatable bonds is 7. The Balaban J connectivity index is 1.14. The summed E-state index contributed by atoms with van der Waals surface area (Å²) in [6.45, 7) is 2.05. The lowest BCUT2D eigenvalue weighted by atomic mass is 10.0. The lowest BCUT2D eigenvalue weighted by Gasteiger charge is -2.22. The van der Waals surface area contributed by atoms with Gasteiger partial charge in [-0.1, -0.05) is 12.1 Å². The van der Waals surface area contributed by atoms with Crippen LogP contribution >= 0.6 is 11.8 Å². The van der Waals surface area contributed by atoms with Gasteiger partial charge in [0.2, 0.25) is 5.88 Å². The van der Waals surface area contributed by atoms with Gasteiger partial charge in [0.05, 0.1) is 5.92 Å². The predicted octanol–water partition coefficient (Wildman–Crippen LogP) is 6.02. The van der Waals surface area contributed by atoms with E-state index in [1.165, 1.54) is 6.07 Å². The van der Waals surface area contributed by atoms with E-state index in [1.54, 1.807) is 6.07 Å². The molecule has 5 nitrogen and oxygen atoms in total. The minimum absolute atomic E-state index is 0.108. The zero-order valence-corrected chi connectivity index (χ0v) is 20.9. The Morgan fingerprint density at radius 2 is 1.97 bits per heavy atom. The first-order valence-corrected chi connectivity index (χ1v) is 13.6. The second-order valence-corrected chi connectivity index (χ2v) is 11.2. The minimum atomic E-state index is -0.706. The lowest BCUT2D eigenvalue weighted by Crippen LogP contribution is -2.22. The topological polar surface area (TPSA) is 68.7 Å². The summed E-state index contributed by atoms with van der Waals surface area (Å²) in [6.07, 6.45) is 3.08. The van der Waals surface area contributed by atoms with Crippen LogP contribution in [0.4, 0.5) is 4.39 Å². The smallest absolute Gasteiger partial charge is 0.307 e. The Morgan fingerprint density at radius 1 is 1.14 bits per heavy atom. The molecule has 1 aromatic heterocycles. The van der Waals surface area contributed by atoms with Crippen molar-refractivity contribution < 1.29 is 23.8 Å². The van der Waals surface area contributed by atoms with Gasteiger partial charge in [-0.3, -0.25) is 4.79 Å². The molecule has 2 aliphatic carbocycles. The fourth-order valence-electron chi connectivity index (χ4n) is 5.70. The third-order valence-corrected chi connectivity index (χ3v) is 8.70. The molecule has 6 rings (SSSR count). The van der Waals surface area contributed by atoms with Gasteiger partial charge >= 0.3 is 5.97 Å². The number of ether oxygens (including phenoxy) is 2. The SMILES string of the molecule is Cc1nc(OC2CCSCC2)ccc1-c1ccc(F)c(COc2ccc3c(c2)C[C@H]2[C@H](C(=O)O)[C@@H]32)c1. The standard InChI is InChI=1S/C29H28FNO4S/c1-16-22(5-7-26(31-16)35-20-8-10-36-11-9-20)17-2-6-25(30)19(12-17)15-34-21-3-4-23-18(13-21)14-24-27(23)28(24)29(32)33/h2-7,12-13,20,24,27-28H,8-11,14-15H2,1H3,(H,32,33)/t24-,27+,28+/m1/s1. The first-order valence-electron chi connectivity index (χ1n) is 12.5. The summed E-state index contributed by atoms with van der Waals surface area (Å²) in [5, 5.41) is 9.31. The number of aromatic nitrogens is 1. The molecule has 0 bridgehead atoms. The molecular weight excluding hydrogens is 477 g/mol. The molecule has 3 aliphatic rings. The number of pyridine rings is 1. The number of benzene rings is 2. The van der Waals surface area contributed by atoms with Crippen molar-refractivity contribution in [2.45, 2.75) is 44.8 Å². The Bertz CT molecular complexity index is 1320. The summed E-state index contributed by atoms with van der Waals surface area (Å²) in [4.78, 5) is 16.0. The van der Waals surface area contributed by atoms with Crippen LogP contribution in [-0.4, -0.2) is 33.7 Å². The lowest BCUT2D eigenvalue weighted by molar-refractivity contribution is -0.139. The Labute approximate surface area is 214 Å².